The Hall–Kier alpha value is -2.82. The number of carbonyl (C=O) groups excluding carboxylic acids is 2. The van der Waals surface area contributed by atoms with Crippen LogP contribution < -0.4 is 10.1 Å². The van der Waals surface area contributed by atoms with E-state index in [1.165, 1.54) is 6.92 Å². The first kappa shape index (κ1) is 15.7. The molecular formula is C20H20N2O3. The number of fused-ring (bicyclic) bond motifs is 2. The monoisotopic (exact) mass is 336 g/mol. The lowest BCUT2D eigenvalue weighted by Gasteiger charge is -2.31. The van der Waals surface area contributed by atoms with Crippen LogP contribution in [0, 0.1) is 0 Å². The second-order valence-electron chi connectivity index (χ2n) is 6.55. The first-order valence-electron chi connectivity index (χ1n) is 8.53. The van der Waals surface area contributed by atoms with E-state index >= 15 is 0 Å². The number of hydrogen-bond donors (Lipinski definition) is 1. The molecule has 0 fully saturated rings. The number of nitrogens with zero attached hydrogens (tertiary/aromatic N) is 1. The van der Waals surface area contributed by atoms with Crippen molar-refractivity contribution >= 4 is 17.5 Å². The fourth-order valence-electron chi connectivity index (χ4n) is 3.63. The maximum absolute atomic E-state index is 12.9. The lowest BCUT2D eigenvalue weighted by Crippen LogP contribution is -2.44. The zero-order valence-corrected chi connectivity index (χ0v) is 14.1. The van der Waals surface area contributed by atoms with Crippen molar-refractivity contribution in [2.24, 2.45) is 0 Å². The molecule has 1 atom stereocenters. The van der Waals surface area contributed by atoms with Crippen LogP contribution in [0.15, 0.2) is 42.5 Å². The largest absolute Gasteiger partial charge is 0.480 e. The Morgan fingerprint density at radius 1 is 1.12 bits per heavy atom. The topological polar surface area (TPSA) is 58.6 Å². The SMILES string of the molecule is CC(=O)Nc1cccc2c1CCN(C(=O)[C@@H]1Cc3ccccc3O1)C2. The summed E-state index contributed by atoms with van der Waals surface area (Å²) in [4.78, 5) is 26.1. The highest BCUT2D eigenvalue weighted by atomic mass is 16.5. The van der Waals surface area contributed by atoms with Crippen LogP contribution in [-0.2, 0) is 29.0 Å². The Bertz CT molecular complexity index is 822. The van der Waals surface area contributed by atoms with E-state index in [1.54, 1.807) is 0 Å². The van der Waals surface area contributed by atoms with E-state index in [-0.39, 0.29) is 11.8 Å². The van der Waals surface area contributed by atoms with Crippen LogP contribution in [0.1, 0.15) is 23.6 Å². The van der Waals surface area contributed by atoms with Gasteiger partial charge in [0.15, 0.2) is 6.10 Å². The van der Waals surface area contributed by atoms with E-state index in [9.17, 15) is 9.59 Å². The van der Waals surface area contributed by atoms with Gasteiger partial charge in [-0.15, -0.1) is 0 Å². The first-order chi connectivity index (χ1) is 12.1. The molecule has 2 heterocycles. The number of hydrogen-bond acceptors (Lipinski definition) is 3. The van der Waals surface area contributed by atoms with Crippen molar-refractivity contribution in [1.29, 1.82) is 0 Å². The normalized spacial score (nSPS) is 18.1. The fourth-order valence-corrected chi connectivity index (χ4v) is 3.63. The van der Waals surface area contributed by atoms with Crippen LogP contribution in [0.25, 0.3) is 0 Å². The number of amides is 2. The predicted octanol–water partition coefficient (Wildman–Crippen LogP) is 2.53. The fraction of sp³-hybridized carbons (Fsp3) is 0.300. The third-order valence-corrected chi connectivity index (χ3v) is 4.81. The molecule has 0 aliphatic carbocycles. The minimum atomic E-state index is -0.433. The Labute approximate surface area is 146 Å². The Morgan fingerprint density at radius 2 is 1.92 bits per heavy atom. The highest BCUT2D eigenvalue weighted by molar-refractivity contribution is 5.90. The van der Waals surface area contributed by atoms with Crippen molar-refractivity contribution in [2.45, 2.75) is 32.4 Å². The van der Waals surface area contributed by atoms with E-state index in [0.29, 0.717) is 19.5 Å². The van der Waals surface area contributed by atoms with Crippen LogP contribution in [0.5, 0.6) is 5.75 Å². The summed E-state index contributed by atoms with van der Waals surface area (Å²) < 4.78 is 5.84. The lowest BCUT2D eigenvalue weighted by molar-refractivity contribution is -0.138. The van der Waals surface area contributed by atoms with E-state index < -0.39 is 6.10 Å². The number of ether oxygens (including phenoxy) is 1. The van der Waals surface area contributed by atoms with Crippen molar-refractivity contribution in [2.75, 3.05) is 11.9 Å². The van der Waals surface area contributed by atoms with Crippen LogP contribution in [-0.4, -0.2) is 29.4 Å². The van der Waals surface area contributed by atoms with Crippen LogP contribution >= 0.6 is 0 Å². The highest BCUT2D eigenvalue weighted by Crippen LogP contribution is 2.31. The third-order valence-electron chi connectivity index (χ3n) is 4.81. The molecule has 25 heavy (non-hydrogen) atoms. The van der Waals surface area contributed by atoms with Gasteiger partial charge < -0.3 is 15.0 Å². The maximum Gasteiger partial charge on any atom is 0.264 e. The highest BCUT2D eigenvalue weighted by Gasteiger charge is 2.33. The average molecular weight is 336 g/mol. The number of para-hydroxylation sites is 1. The summed E-state index contributed by atoms with van der Waals surface area (Å²) in [5.74, 6) is 0.766. The molecule has 0 saturated heterocycles. The Balaban J connectivity index is 1.50. The van der Waals surface area contributed by atoms with Crippen molar-refractivity contribution in [3.8, 4) is 5.75 Å². The second kappa shape index (κ2) is 6.24. The number of anilines is 1. The van der Waals surface area contributed by atoms with E-state index in [1.807, 2.05) is 47.4 Å². The molecule has 0 radical (unpaired) electrons. The summed E-state index contributed by atoms with van der Waals surface area (Å²) in [6.45, 7) is 2.70. The molecule has 0 spiro atoms. The smallest absolute Gasteiger partial charge is 0.264 e. The van der Waals surface area contributed by atoms with Gasteiger partial charge in [0.25, 0.3) is 5.91 Å². The van der Waals surface area contributed by atoms with Gasteiger partial charge in [0.1, 0.15) is 5.75 Å². The van der Waals surface area contributed by atoms with Gasteiger partial charge in [0, 0.05) is 32.1 Å². The molecule has 4 rings (SSSR count). The minimum absolute atomic E-state index is 0.0341. The molecule has 2 aliphatic rings. The molecule has 2 aromatic rings. The Morgan fingerprint density at radius 3 is 2.72 bits per heavy atom. The molecule has 5 heteroatoms. The average Bonchev–Trinajstić information content (AvgIpc) is 3.04. The molecular weight excluding hydrogens is 316 g/mol. The van der Waals surface area contributed by atoms with Crippen LogP contribution in [0.2, 0.25) is 0 Å². The van der Waals surface area contributed by atoms with Gasteiger partial charge in [-0.2, -0.15) is 0 Å². The quantitative estimate of drug-likeness (QED) is 0.917. The van der Waals surface area contributed by atoms with Gasteiger partial charge in [-0.25, -0.2) is 0 Å². The molecule has 128 valence electrons. The van der Waals surface area contributed by atoms with Gasteiger partial charge >= 0.3 is 0 Å². The lowest BCUT2D eigenvalue weighted by atomic mass is 9.97. The Kier molecular flexibility index (Phi) is 3.92. The van der Waals surface area contributed by atoms with E-state index in [4.69, 9.17) is 4.74 Å². The molecule has 5 nitrogen and oxygen atoms in total. The molecule has 0 bridgehead atoms. The molecule has 0 saturated carbocycles. The van der Waals surface area contributed by atoms with Gasteiger partial charge in [-0.3, -0.25) is 9.59 Å². The number of rotatable bonds is 2. The molecule has 2 aliphatic heterocycles. The standard InChI is InChI=1S/C20H20N2O3/c1-13(23)21-17-7-4-6-15-12-22(10-9-16(15)17)20(24)19-11-14-5-2-3-8-18(14)25-19/h2-8,19H,9-12H2,1H3,(H,21,23)/t19-/m0/s1. The van der Waals surface area contributed by atoms with Crippen molar-refractivity contribution in [3.63, 3.8) is 0 Å². The first-order valence-corrected chi connectivity index (χ1v) is 8.53. The zero-order valence-electron chi connectivity index (χ0n) is 14.1. The minimum Gasteiger partial charge on any atom is -0.480 e. The van der Waals surface area contributed by atoms with Gasteiger partial charge in [0.2, 0.25) is 5.91 Å². The molecule has 2 amide bonds. The summed E-state index contributed by atoms with van der Waals surface area (Å²) in [5.41, 5.74) is 4.14. The number of carbonyl (C=O) groups is 2. The summed E-state index contributed by atoms with van der Waals surface area (Å²) in [6, 6.07) is 13.7. The molecule has 0 unspecified atom stereocenters. The molecule has 1 N–H and O–H groups in total. The number of benzene rings is 2. The molecule has 2 aromatic carbocycles. The summed E-state index contributed by atoms with van der Waals surface area (Å²) in [5, 5.41) is 2.88. The summed E-state index contributed by atoms with van der Waals surface area (Å²) in [7, 11) is 0. The van der Waals surface area contributed by atoms with Gasteiger partial charge in [-0.05, 0) is 35.2 Å². The van der Waals surface area contributed by atoms with Crippen molar-refractivity contribution in [3.05, 3.63) is 59.2 Å². The maximum atomic E-state index is 12.9. The zero-order chi connectivity index (χ0) is 17.4. The van der Waals surface area contributed by atoms with Crippen LogP contribution in [0.4, 0.5) is 5.69 Å². The van der Waals surface area contributed by atoms with Crippen molar-refractivity contribution < 1.29 is 14.3 Å². The second-order valence-corrected chi connectivity index (χ2v) is 6.55. The predicted molar refractivity (Wildman–Crippen MR) is 94.4 cm³/mol. The van der Waals surface area contributed by atoms with E-state index in [2.05, 4.69) is 5.32 Å². The van der Waals surface area contributed by atoms with E-state index in [0.717, 1.165) is 34.5 Å². The third kappa shape index (κ3) is 2.97. The van der Waals surface area contributed by atoms with Crippen LogP contribution in [0.3, 0.4) is 0 Å². The summed E-state index contributed by atoms with van der Waals surface area (Å²) in [6.07, 6.45) is 0.930. The van der Waals surface area contributed by atoms with Gasteiger partial charge in [0.05, 0.1) is 0 Å². The van der Waals surface area contributed by atoms with Crippen molar-refractivity contribution in [1.82, 2.24) is 4.90 Å². The summed E-state index contributed by atoms with van der Waals surface area (Å²) >= 11 is 0. The van der Waals surface area contributed by atoms with Gasteiger partial charge in [-0.1, -0.05) is 30.3 Å². The molecule has 0 aromatic heterocycles. The number of nitrogens with one attached hydrogen (secondary N) is 1.